The normalized spacial score (nSPS) is 12.7. The summed E-state index contributed by atoms with van der Waals surface area (Å²) in [5.74, 6) is 1.40. The maximum atomic E-state index is 9.94. The molecule has 0 amide bonds. The molecule has 0 saturated heterocycles. The molecule has 0 spiro atoms. The highest BCUT2D eigenvalue weighted by molar-refractivity contribution is 9.10. The van der Waals surface area contributed by atoms with Crippen molar-refractivity contribution < 1.29 is 9.52 Å². The van der Waals surface area contributed by atoms with E-state index < -0.39 is 6.10 Å². The molecule has 0 aromatic carbocycles. The molecule has 2 heterocycles. The number of pyridine rings is 1. The first-order chi connectivity index (χ1) is 7.65. The van der Waals surface area contributed by atoms with E-state index >= 15 is 0 Å². The Balaban J connectivity index is 2.10. The summed E-state index contributed by atoms with van der Waals surface area (Å²) < 4.78 is 6.28. The van der Waals surface area contributed by atoms with Crippen LogP contribution in [0.2, 0.25) is 0 Å². The van der Waals surface area contributed by atoms with Crippen molar-refractivity contribution >= 4 is 15.9 Å². The third-order valence-corrected chi connectivity index (χ3v) is 2.71. The van der Waals surface area contributed by atoms with Crippen molar-refractivity contribution in [3.05, 3.63) is 52.1 Å². The molecular formula is C12H12BrNO2. The molecule has 0 aliphatic carbocycles. The Kier molecular flexibility index (Phi) is 3.41. The van der Waals surface area contributed by atoms with E-state index in [1.807, 2.05) is 19.1 Å². The molecule has 0 fully saturated rings. The van der Waals surface area contributed by atoms with Crippen molar-refractivity contribution in [3.63, 3.8) is 0 Å². The number of hydrogen-bond donors (Lipinski definition) is 1. The quantitative estimate of drug-likeness (QED) is 0.941. The summed E-state index contributed by atoms with van der Waals surface area (Å²) in [7, 11) is 0. The first-order valence-corrected chi connectivity index (χ1v) is 5.78. The lowest BCUT2D eigenvalue weighted by atomic mass is 10.1. The highest BCUT2D eigenvalue weighted by Crippen LogP contribution is 2.21. The number of rotatable bonds is 3. The largest absolute Gasteiger partial charge is 0.464 e. The molecule has 0 bridgehead atoms. The highest BCUT2D eigenvalue weighted by Gasteiger charge is 2.12. The Morgan fingerprint density at radius 3 is 2.88 bits per heavy atom. The Morgan fingerprint density at radius 2 is 2.25 bits per heavy atom. The first kappa shape index (κ1) is 11.4. The molecule has 1 atom stereocenters. The fraction of sp³-hybridized carbons (Fsp3) is 0.250. The van der Waals surface area contributed by atoms with Crippen LogP contribution >= 0.6 is 15.9 Å². The number of hydrogen-bond acceptors (Lipinski definition) is 3. The van der Waals surface area contributed by atoms with Crippen LogP contribution in [-0.4, -0.2) is 10.1 Å². The minimum atomic E-state index is -0.621. The zero-order valence-electron chi connectivity index (χ0n) is 8.85. The molecule has 2 rings (SSSR count). The van der Waals surface area contributed by atoms with Crippen molar-refractivity contribution in [2.75, 3.05) is 0 Å². The number of aliphatic hydroxyl groups is 1. The SMILES string of the molecule is Cc1ccc(C(O)Cc2cncc(Br)c2)o1. The van der Waals surface area contributed by atoms with Gasteiger partial charge >= 0.3 is 0 Å². The van der Waals surface area contributed by atoms with Crippen LogP contribution in [0.1, 0.15) is 23.2 Å². The van der Waals surface area contributed by atoms with Gasteiger partial charge in [0.1, 0.15) is 17.6 Å². The number of aryl methyl sites for hydroxylation is 1. The Labute approximate surface area is 102 Å². The minimum Gasteiger partial charge on any atom is -0.464 e. The summed E-state index contributed by atoms with van der Waals surface area (Å²) in [5.41, 5.74) is 0.968. The molecule has 0 radical (unpaired) electrons. The molecule has 0 saturated carbocycles. The third kappa shape index (κ3) is 2.71. The summed E-state index contributed by atoms with van der Waals surface area (Å²) >= 11 is 3.34. The standard InChI is InChI=1S/C12H12BrNO2/c1-8-2-3-12(16-8)11(15)5-9-4-10(13)7-14-6-9/h2-4,6-7,11,15H,5H2,1H3. The van der Waals surface area contributed by atoms with Gasteiger partial charge in [0.2, 0.25) is 0 Å². The molecule has 2 aromatic rings. The van der Waals surface area contributed by atoms with Gasteiger partial charge in [0.25, 0.3) is 0 Å². The lowest BCUT2D eigenvalue weighted by Crippen LogP contribution is -2.00. The molecule has 1 unspecified atom stereocenters. The fourth-order valence-corrected chi connectivity index (χ4v) is 1.94. The van der Waals surface area contributed by atoms with Gasteiger partial charge in [-0.25, -0.2) is 0 Å². The maximum Gasteiger partial charge on any atom is 0.132 e. The lowest BCUT2D eigenvalue weighted by Gasteiger charge is -2.07. The van der Waals surface area contributed by atoms with Crippen molar-refractivity contribution in [2.24, 2.45) is 0 Å². The molecule has 2 aromatic heterocycles. The predicted octanol–water partition coefficient (Wildman–Crippen LogP) is 3.02. The summed E-state index contributed by atoms with van der Waals surface area (Å²) in [4.78, 5) is 4.05. The molecule has 4 heteroatoms. The van der Waals surface area contributed by atoms with E-state index in [-0.39, 0.29) is 0 Å². The molecular weight excluding hydrogens is 270 g/mol. The van der Waals surface area contributed by atoms with E-state index in [2.05, 4.69) is 20.9 Å². The van der Waals surface area contributed by atoms with Crippen LogP contribution in [0.25, 0.3) is 0 Å². The van der Waals surface area contributed by atoms with Crippen LogP contribution in [0, 0.1) is 6.92 Å². The zero-order valence-corrected chi connectivity index (χ0v) is 10.4. The minimum absolute atomic E-state index is 0.499. The highest BCUT2D eigenvalue weighted by atomic mass is 79.9. The van der Waals surface area contributed by atoms with Gasteiger partial charge in [-0.2, -0.15) is 0 Å². The summed E-state index contributed by atoms with van der Waals surface area (Å²) in [6, 6.07) is 5.58. The molecule has 0 aliphatic rings. The monoisotopic (exact) mass is 281 g/mol. The number of aliphatic hydroxyl groups excluding tert-OH is 1. The molecule has 3 nitrogen and oxygen atoms in total. The number of halogens is 1. The predicted molar refractivity (Wildman–Crippen MR) is 64.0 cm³/mol. The van der Waals surface area contributed by atoms with Gasteiger partial charge in [-0.1, -0.05) is 0 Å². The molecule has 16 heavy (non-hydrogen) atoms. The first-order valence-electron chi connectivity index (χ1n) is 4.99. The zero-order chi connectivity index (χ0) is 11.5. The van der Waals surface area contributed by atoms with Gasteiger partial charge in [0, 0.05) is 23.3 Å². The van der Waals surface area contributed by atoms with Crippen LogP contribution in [0.3, 0.4) is 0 Å². The number of nitrogens with zero attached hydrogens (tertiary/aromatic N) is 1. The fourth-order valence-electron chi connectivity index (χ4n) is 1.52. The van der Waals surface area contributed by atoms with E-state index in [4.69, 9.17) is 4.42 Å². The van der Waals surface area contributed by atoms with Gasteiger partial charge in [-0.3, -0.25) is 4.98 Å². The lowest BCUT2D eigenvalue weighted by molar-refractivity contribution is 0.148. The van der Waals surface area contributed by atoms with Crippen molar-refractivity contribution in [3.8, 4) is 0 Å². The van der Waals surface area contributed by atoms with E-state index in [0.717, 1.165) is 15.8 Å². The van der Waals surface area contributed by atoms with Crippen molar-refractivity contribution in [1.29, 1.82) is 0 Å². The smallest absolute Gasteiger partial charge is 0.132 e. The van der Waals surface area contributed by atoms with E-state index in [9.17, 15) is 5.11 Å². The number of furan rings is 1. The summed E-state index contributed by atoms with van der Waals surface area (Å²) in [6.45, 7) is 1.86. The van der Waals surface area contributed by atoms with Crippen molar-refractivity contribution in [1.82, 2.24) is 4.98 Å². The number of aromatic nitrogens is 1. The second-order valence-corrected chi connectivity index (χ2v) is 4.60. The second kappa shape index (κ2) is 4.80. The van der Waals surface area contributed by atoms with Gasteiger partial charge in [0.15, 0.2) is 0 Å². The average Bonchev–Trinajstić information content (AvgIpc) is 2.65. The van der Waals surface area contributed by atoms with E-state index in [0.29, 0.717) is 12.2 Å². The molecule has 0 aliphatic heterocycles. The Bertz CT molecular complexity index is 481. The Hall–Kier alpha value is -1.13. The van der Waals surface area contributed by atoms with Gasteiger partial charge in [-0.05, 0) is 46.6 Å². The van der Waals surface area contributed by atoms with Crippen LogP contribution in [0.15, 0.2) is 39.5 Å². The van der Waals surface area contributed by atoms with Gasteiger partial charge in [-0.15, -0.1) is 0 Å². The van der Waals surface area contributed by atoms with Crippen LogP contribution in [0.4, 0.5) is 0 Å². The topological polar surface area (TPSA) is 46.3 Å². The Morgan fingerprint density at radius 1 is 1.44 bits per heavy atom. The van der Waals surface area contributed by atoms with Gasteiger partial charge < -0.3 is 9.52 Å². The van der Waals surface area contributed by atoms with Gasteiger partial charge in [0.05, 0.1) is 0 Å². The second-order valence-electron chi connectivity index (χ2n) is 3.68. The average molecular weight is 282 g/mol. The van der Waals surface area contributed by atoms with E-state index in [1.165, 1.54) is 0 Å². The van der Waals surface area contributed by atoms with Crippen molar-refractivity contribution in [2.45, 2.75) is 19.4 Å². The van der Waals surface area contributed by atoms with E-state index in [1.54, 1.807) is 18.5 Å². The van der Waals surface area contributed by atoms with Crippen LogP contribution in [0.5, 0.6) is 0 Å². The maximum absolute atomic E-state index is 9.94. The molecule has 84 valence electrons. The van der Waals surface area contributed by atoms with Crippen LogP contribution in [-0.2, 0) is 6.42 Å². The van der Waals surface area contributed by atoms with Crippen LogP contribution < -0.4 is 0 Å². The summed E-state index contributed by atoms with van der Waals surface area (Å²) in [6.07, 6.45) is 3.33. The molecule has 1 N–H and O–H groups in total. The third-order valence-electron chi connectivity index (χ3n) is 2.28. The summed E-state index contributed by atoms with van der Waals surface area (Å²) in [5, 5.41) is 9.94.